The lowest BCUT2D eigenvalue weighted by Gasteiger charge is -2.07. The Morgan fingerprint density at radius 1 is 1.32 bits per heavy atom. The lowest BCUT2D eigenvalue weighted by molar-refractivity contribution is -0.118. The van der Waals surface area contributed by atoms with Crippen LogP contribution in [0.25, 0.3) is 6.08 Å². The second kappa shape index (κ2) is 7.87. The first-order chi connectivity index (χ1) is 10.5. The highest BCUT2D eigenvalue weighted by molar-refractivity contribution is 7.15. The first-order valence-corrected chi connectivity index (χ1v) is 7.97. The quantitative estimate of drug-likeness (QED) is 0.852. The molecule has 1 aromatic heterocycles. The first kappa shape index (κ1) is 16.4. The van der Waals surface area contributed by atoms with Gasteiger partial charge in [-0.05, 0) is 32.7 Å². The second-order valence-electron chi connectivity index (χ2n) is 5.37. The minimum absolute atomic E-state index is 0.211. The molecule has 1 heterocycles. The van der Waals surface area contributed by atoms with E-state index in [1.54, 1.807) is 0 Å². The third kappa shape index (κ3) is 5.09. The summed E-state index contributed by atoms with van der Waals surface area (Å²) in [5, 5.41) is 3.99. The molecule has 0 radical (unpaired) electrons. The normalized spacial score (nSPS) is 11.3. The fourth-order valence-corrected chi connectivity index (χ4v) is 2.98. The zero-order chi connectivity index (χ0) is 15.9. The number of nitrogens with one attached hydrogen (secondary N) is 1. The van der Waals surface area contributed by atoms with Crippen molar-refractivity contribution < 1.29 is 4.79 Å². The molecule has 0 saturated carbocycles. The Balaban J connectivity index is 1.95. The van der Waals surface area contributed by atoms with Crippen molar-refractivity contribution in [2.75, 3.05) is 26.0 Å². The smallest absolute Gasteiger partial charge is 0.187 e. The number of likely N-dealkylation sites (N-methyl/N-ethyl adjacent to an activating group) is 1. The number of ketones is 1. The molecule has 22 heavy (non-hydrogen) atoms. The first-order valence-electron chi connectivity index (χ1n) is 7.15. The van der Waals surface area contributed by atoms with Gasteiger partial charge in [0.1, 0.15) is 0 Å². The predicted octanol–water partition coefficient (Wildman–Crippen LogP) is 3.21. The molecule has 0 aliphatic rings. The fraction of sp³-hybridized carbons (Fsp3) is 0.294. The summed E-state index contributed by atoms with van der Waals surface area (Å²) in [5.74, 6) is 0.211. The lowest BCUT2D eigenvalue weighted by Crippen LogP contribution is -2.22. The Labute approximate surface area is 135 Å². The van der Waals surface area contributed by atoms with E-state index in [2.05, 4.69) is 10.3 Å². The zero-order valence-corrected chi connectivity index (χ0v) is 14.0. The molecule has 0 atom stereocenters. The Morgan fingerprint density at radius 2 is 2.05 bits per heavy atom. The van der Waals surface area contributed by atoms with Crippen molar-refractivity contribution in [2.45, 2.75) is 13.3 Å². The molecule has 0 saturated heterocycles. The molecule has 0 spiro atoms. The topological polar surface area (TPSA) is 45.2 Å². The van der Waals surface area contributed by atoms with Crippen LogP contribution in [0.1, 0.15) is 16.1 Å². The molecule has 4 nitrogen and oxygen atoms in total. The van der Waals surface area contributed by atoms with Crippen LogP contribution in [-0.2, 0) is 11.2 Å². The molecule has 0 unspecified atom stereocenters. The van der Waals surface area contributed by atoms with E-state index in [0.29, 0.717) is 13.0 Å². The van der Waals surface area contributed by atoms with Crippen LogP contribution in [0.15, 0.2) is 36.5 Å². The summed E-state index contributed by atoms with van der Waals surface area (Å²) < 4.78 is 0. The van der Waals surface area contributed by atoms with Crippen LogP contribution in [0, 0.1) is 6.92 Å². The minimum Gasteiger partial charge on any atom is -0.338 e. The third-order valence-corrected chi connectivity index (χ3v) is 4.11. The standard InChI is InChI=1S/C17H21N3OS/c1-13-16(11-15(21)12-20(2)3)22-17(19-13)18-10-9-14-7-5-4-6-8-14/h4-10H,11-12H2,1-3H3,(H,18,19). The van der Waals surface area contributed by atoms with E-state index in [1.165, 1.54) is 11.3 Å². The highest BCUT2D eigenvalue weighted by Crippen LogP contribution is 2.23. The van der Waals surface area contributed by atoms with Crippen LogP contribution < -0.4 is 5.32 Å². The minimum atomic E-state index is 0.211. The summed E-state index contributed by atoms with van der Waals surface area (Å²) in [6.45, 7) is 2.41. The van der Waals surface area contributed by atoms with Crippen molar-refractivity contribution in [3.05, 3.63) is 52.7 Å². The number of nitrogens with zero attached hydrogens (tertiary/aromatic N) is 2. The SMILES string of the molecule is Cc1nc(NC=Cc2ccccc2)sc1CC(=O)CN(C)C. The van der Waals surface area contributed by atoms with Crippen molar-refractivity contribution in [1.82, 2.24) is 9.88 Å². The van der Waals surface area contributed by atoms with Gasteiger partial charge in [0.15, 0.2) is 10.9 Å². The van der Waals surface area contributed by atoms with Crippen LogP contribution in [-0.4, -0.2) is 36.3 Å². The van der Waals surface area contributed by atoms with Gasteiger partial charge in [-0.25, -0.2) is 4.98 Å². The molecule has 1 N–H and O–H groups in total. The molecule has 0 aliphatic carbocycles. The average molecular weight is 315 g/mol. The molecule has 0 fully saturated rings. The zero-order valence-electron chi connectivity index (χ0n) is 13.2. The Hall–Kier alpha value is -1.98. The number of hydrogen-bond donors (Lipinski definition) is 1. The number of rotatable bonds is 7. The van der Waals surface area contributed by atoms with Gasteiger partial charge in [0.25, 0.3) is 0 Å². The molecule has 2 rings (SSSR count). The molecule has 2 aromatic rings. The van der Waals surface area contributed by atoms with Gasteiger partial charge < -0.3 is 10.2 Å². The van der Waals surface area contributed by atoms with E-state index in [1.807, 2.05) is 68.5 Å². The average Bonchev–Trinajstić information content (AvgIpc) is 2.79. The maximum atomic E-state index is 11.9. The van der Waals surface area contributed by atoms with Gasteiger partial charge in [-0.15, -0.1) is 11.3 Å². The summed E-state index contributed by atoms with van der Waals surface area (Å²) in [5.41, 5.74) is 2.05. The summed E-state index contributed by atoms with van der Waals surface area (Å²) in [6, 6.07) is 10.1. The van der Waals surface area contributed by atoms with Crippen molar-refractivity contribution >= 4 is 28.3 Å². The number of carbonyl (C=O) groups is 1. The van der Waals surface area contributed by atoms with Gasteiger partial charge >= 0.3 is 0 Å². The molecular formula is C17H21N3OS. The summed E-state index contributed by atoms with van der Waals surface area (Å²) in [4.78, 5) is 19.3. The molecule has 116 valence electrons. The van der Waals surface area contributed by atoms with Gasteiger partial charge in [0, 0.05) is 17.5 Å². The maximum Gasteiger partial charge on any atom is 0.187 e. The Bertz CT molecular complexity index is 647. The van der Waals surface area contributed by atoms with Gasteiger partial charge in [-0.2, -0.15) is 0 Å². The Morgan fingerprint density at radius 3 is 2.73 bits per heavy atom. The monoisotopic (exact) mass is 315 g/mol. The van der Waals surface area contributed by atoms with Crippen molar-refractivity contribution in [1.29, 1.82) is 0 Å². The molecule has 0 aliphatic heterocycles. The van der Waals surface area contributed by atoms with E-state index in [0.717, 1.165) is 21.3 Å². The van der Waals surface area contributed by atoms with Crippen LogP contribution in [0.5, 0.6) is 0 Å². The molecular weight excluding hydrogens is 294 g/mol. The van der Waals surface area contributed by atoms with Crippen LogP contribution in [0.4, 0.5) is 5.13 Å². The Kier molecular flexibility index (Phi) is 5.86. The number of hydrogen-bond acceptors (Lipinski definition) is 5. The number of carbonyl (C=O) groups excluding carboxylic acids is 1. The molecule has 5 heteroatoms. The maximum absolute atomic E-state index is 11.9. The molecule has 1 aromatic carbocycles. The number of anilines is 1. The number of aromatic nitrogens is 1. The van der Waals surface area contributed by atoms with Crippen LogP contribution in [0.2, 0.25) is 0 Å². The number of thiazole rings is 1. The number of benzene rings is 1. The third-order valence-electron chi connectivity index (χ3n) is 3.03. The highest BCUT2D eigenvalue weighted by Gasteiger charge is 2.11. The van der Waals surface area contributed by atoms with E-state index in [4.69, 9.17) is 0 Å². The number of aryl methyl sites for hydroxylation is 1. The highest BCUT2D eigenvalue weighted by atomic mass is 32.1. The second-order valence-corrected chi connectivity index (χ2v) is 6.45. The summed E-state index contributed by atoms with van der Waals surface area (Å²) in [6.07, 6.45) is 4.32. The molecule has 0 bridgehead atoms. The van der Waals surface area contributed by atoms with E-state index in [-0.39, 0.29) is 5.78 Å². The number of Topliss-reactive ketones (excluding diaryl/α,β-unsaturated/α-hetero) is 1. The van der Waals surface area contributed by atoms with E-state index < -0.39 is 0 Å². The lowest BCUT2D eigenvalue weighted by atomic mass is 10.2. The van der Waals surface area contributed by atoms with Gasteiger partial charge in [-0.3, -0.25) is 4.79 Å². The fourth-order valence-electron chi connectivity index (χ4n) is 2.01. The van der Waals surface area contributed by atoms with Crippen LogP contribution in [0.3, 0.4) is 0 Å². The van der Waals surface area contributed by atoms with Crippen molar-refractivity contribution in [3.8, 4) is 0 Å². The van der Waals surface area contributed by atoms with Crippen molar-refractivity contribution in [2.24, 2.45) is 0 Å². The largest absolute Gasteiger partial charge is 0.338 e. The van der Waals surface area contributed by atoms with E-state index in [9.17, 15) is 4.79 Å². The van der Waals surface area contributed by atoms with Gasteiger partial charge in [0.05, 0.1) is 12.2 Å². The van der Waals surface area contributed by atoms with Crippen molar-refractivity contribution in [3.63, 3.8) is 0 Å². The van der Waals surface area contributed by atoms with Crippen LogP contribution >= 0.6 is 11.3 Å². The molecule has 0 amide bonds. The summed E-state index contributed by atoms with van der Waals surface area (Å²) in [7, 11) is 3.80. The predicted molar refractivity (Wildman–Crippen MR) is 93.2 cm³/mol. The van der Waals surface area contributed by atoms with Gasteiger partial charge in [-0.1, -0.05) is 30.3 Å². The summed E-state index contributed by atoms with van der Waals surface area (Å²) >= 11 is 1.54. The van der Waals surface area contributed by atoms with Gasteiger partial charge in [0.2, 0.25) is 0 Å². The van der Waals surface area contributed by atoms with E-state index >= 15 is 0 Å².